The standard InChI is InChI=1S/C21H18FN3O.C2HF3O2/c1-13-4-2-3-5-14(13)10-17(22)20-11-15(6-8-23-20)19-12-16-18(25-19)7-9-24-21(16)26;3-2(4,5)1(6)7/h2-6,8,10-12,25H,7,9H2,1H3,(H,24,26);(H,6,7)/b17-10-;. The number of pyridine rings is 1. The number of aromatic amines is 1. The second-order valence-corrected chi connectivity index (χ2v) is 7.16. The SMILES string of the molecule is Cc1ccccc1/C=C(\F)c1cc(-c2cc3c([nH]2)CCNC3=O)ccn1.O=C(O)C(F)(F)F. The van der Waals surface area contributed by atoms with Gasteiger partial charge in [0.25, 0.3) is 5.91 Å². The molecule has 1 aliphatic rings. The third-order valence-electron chi connectivity index (χ3n) is 4.83. The van der Waals surface area contributed by atoms with Crippen LogP contribution in [0.25, 0.3) is 23.2 Å². The van der Waals surface area contributed by atoms with Crippen molar-refractivity contribution in [2.45, 2.75) is 19.5 Å². The monoisotopic (exact) mass is 461 g/mol. The normalized spacial score (nSPS) is 13.5. The Morgan fingerprint density at radius 3 is 2.52 bits per heavy atom. The number of halogens is 4. The summed E-state index contributed by atoms with van der Waals surface area (Å²) in [5, 5.41) is 9.95. The zero-order valence-corrected chi connectivity index (χ0v) is 17.3. The molecule has 33 heavy (non-hydrogen) atoms. The maximum absolute atomic E-state index is 14.7. The molecule has 0 radical (unpaired) electrons. The molecule has 172 valence electrons. The summed E-state index contributed by atoms with van der Waals surface area (Å²) in [6.45, 7) is 2.57. The van der Waals surface area contributed by atoms with Crippen LogP contribution in [-0.4, -0.2) is 39.7 Å². The van der Waals surface area contributed by atoms with Crippen molar-refractivity contribution < 1.29 is 32.3 Å². The Hall–Kier alpha value is -3.95. The fourth-order valence-electron chi connectivity index (χ4n) is 3.14. The van der Waals surface area contributed by atoms with E-state index in [1.165, 1.54) is 6.08 Å². The van der Waals surface area contributed by atoms with Gasteiger partial charge in [-0.05, 0) is 42.3 Å². The largest absolute Gasteiger partial charge is 0.490 e. The van der Waals surface area contributed by atoms with Gasteiger partial charge in [0, 0.05) is 36.1 Å². The summed E-state index contributed by atoms with van der Waals surface area (Å²) in [6.07, 6.45) is -1.25. The molecular weight excluding hydrogens is 442 g/mol. The van der Waals surface area contributed by atoms with Crippen LogP contribution >= 0.6 is 0 Å². The van der Waals surface area contributed by atoms with Crippen LogP contribution in [0.4, 0.5) is 17.6 Å². The van der Waals surface area contributed by atoms with Gasteiger partial charge in [0.05, 0.1) is 11.3 Å². The fourth-order valence-corrected chi connectivity index (χ4v) is 3.14. The summed E-state index contributed by atoms with van der Waals surface area (Å²) in [7, 11) is 0. The number of carbonyl (C=O) groups excluding carboxylic acids is 1. The molecule has 6 nitrogen and oxygen atoms in total. The first-order chi connectivity index (χ1) is 15.6. The lowest BCUT2D eigenvalue weighted by Crippen LogP contribution is -2.31. The lowest BCUT2D eigenvalue weighted by atomic mass is 10.1. The first-order valence-corrected chi connectivity index (χ1v) is 9.76. The van der Waals surface area contributed by atoms with Gasteiger partial charge in [-0.25, -0.2) is 9.18 Å². The lowest BCUT2D eigenvalue weighted by Gasteiger charge is -2.10. The number of carboxylic acids is 1. The Morgan fingerprint density at radius 2 is 1.88 bits per heavy atom. The molecule has 0 atom stereocenters. The van der Waals surface area contributed by atoms with E-state index < -0.39 is 18.0 Å². The molecule has 3 heterocycles. The molecule has 10 heteroatoms. The van der Waals surface area contributed by atoms with Gasteiger partial charge < -0.3 is 15.4 Å². The van der Waals surface area contributed by atoms with Crippen molar-refractivity contribution in [3.05, 3.63) is 76.7 Å². The first-order valence-electron chi connectivity index (χ1n) is 9.76. The molecule has 0 aliphatic carbocycles. The number of hydrogen-bond acceptors (Lipinski definition) is 3. The maximum atomic E-state index is 14.7. The second-order valence-electron chi connectivity index (χ2n) is 7.16. The summed E-state index contributed by atoms with van der Waals surface area (Å²) in [6, 6.07) is 12.9. The number of H-pyrrole nitrogens is 1. The summed E-state index contributed by atoms with van der Waals surface area (Å²) in [5.74, 6) is -3.23. The number of aliphatic carboxylic acids is 1. The van der Waals surface area contributed by atoms with Crippen LogP contribution in [0.3, 0.4) is 0 Å². The van der Waals surface area contributed by atoms with E-state index in [0.717, 1.165) is 34.5 Å². The quantitative estimate of drug-likeness (QED) is 0.490. The van der Waals surface area contributed by atoms with Gasteiger partial charge in [-0.15, -0.1) is 0 Å². The minimum atomic E-state index is -5.08. The van der Waals surface area contributed by atoms with E-state index in [0.29, 0.717) is 12.1 Å². The highest BCUT2D eigenvalue weighted by molar-refractivity contribution is 5.97. The Morgan fingerprint density at radius 1 is 1.18 bits per heavy atom. The Balaban J connectivity index is 0.000000383. The number of aromatic nitrogens is 2. The third kappa shape index (κ3) is 5.85. The molecule has 4 rings (SSSR count). The predicted octanol–water partition coefficient (Wildman–Crippen LogP) is 4.77. The van der Waals surface area contributed by atoms with Crippen LogP contribution in [-0.2, 0) is 11.2 Å². The number of carbonyl (C=O) groups is 2. The smallest absolute Gasteiger partial charge is 0.475 e. The number of aryl methyl sites for hydroxylation is 1. The molecule has 3 aromatic rings. The average Bonchev–Trinajstić information content (AvgIpc) is 3.21. The molecule has 1 amide bonds. The first kappa shape index (κ1) is 23.7. The number of nitrogens with one attached hydrogen (secondary N) is 2. The molecular formula is C23H19F4N3O3. The van der Waals surface area contributed by atoms with Crippen LogP contribution in [0.15, 0.2) is 48.7 Å². The summed E-state index contributed by atoms with van der Waals surface area (Å²) in [4.78, 5) is 28.2. The van der Waals surface area contributed by atoms with Crippen molar-refractivity contribution in [1.82, 2.24) is 15.3 Å². The highest BCUT2D eigenvalue weighted by atomic mass is 19.4. The van der Waals surface area contributed by atoms with Crippen LogP contribution < -0.4 is 5.32 Å². The van der Waals surface area contributed by atoms with E-state index in [-0.39, 0.29) is 11.6 Å². The molecule has 0 bridgehead atoms. The molecule has 0 saturated carbocycles. The van der Waals surface area contributed by atoms with Crippen LogP contribution in [0, 0.1) is 6.92 Å². The van der Waals surface area contributed by atoms with Crippen LogP contribution in [0.2, 0.25) is 0 Å². The molecule has 2 aromatic heterocycles. The highest BCUT2D eigenvalue weighted by Gasteiger charge is 2.38. The van der Waals surface area contributed by atoms with E-state index >= 15 is 0 Å². The number of carboxylic acid groups (broad SMARTS) is 1. The molecule has 1 aromatic carbocycles. The van der Waals surface area contributed by atoms with Gasteiger partial charge in [-0.1, -0.05) is 24.3 Å². The molecule has 0 saturated heterocycles. The number of nitrogens with zero attached hydrogens (tertiary/aromatic N) is 1. The van der Waals surface area contributed by atoms with Crippen molar-refractivity contribution in [2.24, 2.45) is 0 Å². The van der Waals surface area contributed by atoms with Gasteiger partial charge >= 0.3 is 12.1 Å². The highest BCUT2D eigenvalue weighted by Crippen LogP contribution is 2.27. The predicted molar refractivity (Wildman–Crippen MR) is 114 cm³/mol. The number of hydrogen-bond donors (Lipinski definition) is 3. The van der Waals surface area contributed by atoms with Crippen molar-refractivity contribution in [3.63, 3.8) is 0 Å². The van der Waals surface area contributed by atoms with E-state index in [2.05, 4.69) is 15.3 Å². The minimum Gasteiger partial charge on any atom is -0.475 e. The van der Waals surface area contributed by atoms with Crippen molar-refractivity contribution in [3.8, 4) is 11.3 Å². The van der Waals surface area contributed by atoms with Gasteiger partial charge in [-0.2, -0.15) is 13.2 Å². The van der Waals surface area contributed by atoms with Crippen molar-refractivity contribution >= 4 is 23.8 Å². The zero-order chi connectivity index (χ0) is 24.2. The molecule has 3 N–H and O–H groups in total. The van der Waals surface area contributed by atoms with E-state index in [4.69, 9.17) is 9.90 Å². The number of rotatable bonds is 3. The lowest BCUT2D eigenvalue weighted by molar-refractivity contribution is -0.192. The topological polar surface area (TPSA) is 95.1 Å². The van der Waals surface area contributed by atoms with Crippen LogP contribution in [0.1, 0.15) is 32.9 Å². The molecule has 0 fully saturated rings. The van der Waals surface area contributed by atoms with E-state index in [9.17, 15) is 22.4 Å². The Bertz CT molecular complexity index is 1220. The van der Waals surface area contributed by atoms with Gasteiger partial charge in [0.15, 0.2) is 0 Å². The Kier molecular flexibility index (Phi) is 6.95. The van der Waals surface area contributed by atoms with Gasteiger partial charge in [-0.3, -0.25) is 9.78 Å². The summed E-state index contributed by atoms with van der Waals surface area (Å²) < 4.78 is 46.4. The van der Waals surface area contributed by atoms with Crippen LogP contribution in [0.5, 0.6) is 0 Å². The zero-order valence-electron chi connectivity index (χ0n) is 17.3. The van der Waals surface area contributed by atoms with Gasteiger partial charge in [0.1, 0.15) is 5.83 Å². The molecule has 1 aliphatic heterocycles. The summed E-state index contributed by atoms with van der Waals surface area (Å²) in [5.41, 5.74) is 5.25. The third-order valence-corrected chi connectivity index (χ3v) is 4.83. The van der Waals surface area contributed by atoms with Crippen molar-refractivity contribution in [1.29, 1.82) is 0 Å². The second kappa shape index (κ2) is 9.68. The average molecular weight is 461 g/mol. The summed E-state index contributed by atoms with van der Waals surface area (Å²) >= 11 is 0. The maximum Gasteiger partial charge on any atom is 0.490 e. The van der Waals surface area contributed by atoms with E-state index in [1.807, 2.05) is 37.3 Å². The fraction of sp³-hybridized carbons (Fsp3) is 0.174. The number of alkyl halides is 3. The van der Waals surface area contributed by atoms with Gasteiger partial charge in [0.2, 0.25) is 0 Å². The molecule has 0 unspecified atom stereocenters. The Labute approximate surface area is 186 Å². The number of amides is 1. The van der Waals surface area contributed by atoms with Crippen molar-refractivity contribution in [2.75, 3.05) is 6.54 Å². The minimum absolute atomic E-state index is 0.0753. The molecule has 0 spiro atoms. The van der Waals surface area contributed by atoms with E-state index in [1.54, 1.807) is 18.3 Å². The number of fused-ring (bicyclic) bond motifs is 1. The number of benzene rings is 1.